The van der Waals surface area contributed by atoms with Crippen LogP contribution in [-0.2, 0) is 11.3 Å². The molecular weight excluding hydrogens is 338 g/mol. The van der Waals surface area contributed by atoms with Crippen LogP contribution in [0.4, 0.5) is 0 Å². The first kappa shape index (κ1) is 18.4. The molecule has 2 aromatic rings. The third-order valence-corrected chi connectivity index (χ3v) is 3.57. The van der Waals surface area contributed by atoms with E-state index in [9.17, 15) is 9.59 Å². The van der Waals surface area contributed by atoms with Crippen molar-refractivity contribution < 1.29 is 14.3 Å². The third-order valence-electron chi connectivity index (χ3n) is 3.32. The molecule has 0 bridgehead atoms. The maximum atomic E-state index is 11.9. The molecule has 0 spiro atoms. The van der Waals surface area contributed by atoms with Crippen molar-refractivity contribution in [1.82, 2.24) is 16.0 Å². The van der Waals surface area contributed by atoms with Gasteiger partial charge in [0, 0.05) is 12.1 Å². The van der Waals surface area contributed by atoms with Crippen LogP contribution in [0.15, 0.2) is 54.6 Å². The summed E-state index contributed by atoms with van der Waals surface area (Å²) in [7, 11) is 1.60. The van der Waals surface area contributed by atoms with E-state index >= 15 is 0 Å². The van der Waals surface area contributed by atoms with E-state index in [-0.39, 0.29) is 23.5 Å². The minimum absolute atomic E-state index is 0.0238. The molecule has 0 saturated heterocycles. The number of hydrogen-bond acceptors (Lipinski definition) is 4. The maximum absolute atomic E-state index is 11.9. The lowest BCUT2D eigenvalue weighted by atomic mass is 10.2. The van der Waals surface area contributed by atoms with Gasteiger partial charge in [0.2, 0.25) is 5.91 Å². The zero-order valence-electron chi connectivity index (χ0n) is 13.7. The number of thiocarbonyl (C=S) groups is 1. The van der Waals surface area contributed by atoms with E-state index in [1.54, 1.807) is 31.4 Å². The van der Waals surface area contributed by atoms with Crippen LogP contribution in [0.3, 0.4) is 0 Å². The first-order valence-corrected chi connectivity index (χ1v) is 8.03. The molecule has 2 aromatic carbocycles. The molecule has 2 rings (SSSR count). The second-order valence-corrected chi connectivity index (χ2v) is 5.54. The molecule has 6 nitrogen and oxygen atoms in total. The summed E-state index contributed by atoms with van der Waals surface area (Å²) in [5.74, 6) is 0.208. The van der Waals surface area contributed by atoms with E-state index in [0.29, 0.717) is 12.1 Å². The average Bonchev–Trinajstić information content (AvgIpc) is 2.65. The fourth-order valence-electron chi connectivity index (χ4n) is 1.98. The normalized spacial score (nSPS) is 9.80. The van der Waals surface area contributed by atoms with Gasteiger partial charge in [-0.15, -0.1) is 0 Å². The lowest BCUT2D eigenvalue weighted by Gasteiger charge is -2.10. The van der Waals surface area contributed by atoms with Crippen molar-refractivity contribution in [2.75, 3.05) is 13.7 Å². The highest BCUT2D eigenvalue weighted by molar-refractivity contribution is 7.80. The first-order valence-electron chi connectivity index (χ1n) is 7.62. The van der Waals surface area contributed by atoms with Gasteiger partial charge in [0.25, 0.3) is 5.91 Å². The van der Waals surface area contributed by atoms with Crippen LogP contribution in [-0.4, -0.2) is 30.6 Å². The van der Waals surface area contributed by atoms with Crippen molar-refractivity contribution >= 4 is 29.1 Å². The highest BCUT2D eigenvalue weighted by atomic mass is 32.1. The van der Waals surface area contributed by atoms with Gasteiger partial charge in [-0.1, -0.05) is 30.3 Å². The summed E-state index contributed by atoms with van der Waals surface area (Å²) in [6.45, 7) is 0.373. The molecule has 0 unspecified atom stereocenters. The Morgan fingerprint density at radius 1 is 1.00 bits per heavy atom. The Balaban J connectivity index is 1.70. The summed E-state index contributed by atoms with van der Waals surface area (Å²) < 4.78 is 5.08. The smallest absolute Gasteiger partial charge is 0.257 e. The van der Waals surface area contributed by atoms with Crippen molar-refractivity contribution in [2.24, 2.45) is 0 Å². The Morgan fingerprint density at radius 2 is 1.68 bits per heavy atom. The molecular formula is C18H19N3O3S. The van der Waals surface area contributed by atoms with Crippen LogP contribution in [0, 0.1) is 0 Å². The summed E-state index contributed by atoms with van der Waals surface area (Å²) in [6, 6.07) is 16.1. The quantitative estimate of drug-likeness (QED) is 0.685. The summed E-state index contributed by atoms with van der Waals surface area (Å²) >= 11 is 5.02. The lowest BCUT2D eigenvalue weighted by molar-refractivity contribution is -0.120. The molecule has 25 heavy (non-hydrogen) atoms. The predicted molar refractivity (Wildman–Crippen MR) is 99.3 cm³/mol. The average molecular weight is 357 g/mol. The fourth-order valence-corrected chi connectivity index (χ4v) is 2.14. The maximum Gasteiger partial charge on any atom is 0.257 e. The topological polar surface area (TPSA) is 79.5 Å². The summed E-state index contributed by atoms with van der Waals surface area (Å²) in [5.41, 5.74) is 1.45. The van der Waals surface area contributed by atoms with E-state index < -0.39 is 0 Å². The van der Waals surface area contributed by atoms with E-state index in [2.05, 4.69) is 16.0 Å². The highest BCUT2D eigenvalue weighted by Gasteiger charge is 2.08. The number of amides is 2. The SMILES string of the molecule is COc1ccc(CNC(=O)CNC(=S)NC(=O)c2ccccc2)cc1. The van der Waals surface area contributed by atoms with Crippen LogP contribution in [0.2, 0.25) is 0 Å². The highest BCUT2D eigenvalue weighted by Crippen LogP contribution is 2.10. The first-order chi connectivity index (χ1) is 12.1. The number of rotatable bonds is 6. The van der Waals surface area contributed by atoms with Crippen LogP contribution in [0.25, 0.3) is 0 Å². The van der Waals surface area contributed by atoms with Gasteiger partial charge >= 0.3 is 0 Å². The zero-order valence-corrected chi connectivity index (χ0v) is 14.6. The molecule has 0 heterocycles. The van der Waals surface area contributed by atoms with Gasteiger partial charge in [0.05, 0.1) is 13.7 Å². The Hall–Kier alpha value is -2.93. The van der Waals surface area contributed by atoms with Gasteiger partial charge in [0.15, 0.2) is 5.11 Å². The number of methoxy groups -OCH3 is 1. The van der Waals surface area contributed by atoms with E-state index in [4.69, 9.17) is 17.0 Å². The van der Waals surface area contributed by atoms with Crippen molar-refractivity contribution in [2.45, 2.75) is 6.54 Å². The number of nitrogens with one attached hydrogen (secondary N) is 3. The lowest BCUT2D eigenvalue weighted by Crippen LogP contribution is -2.43. The summed E-state index contributed by atoms with van der Waals surface area (Å²) in [6.07, 6.45) is 0. The van der Waals surface area contributed by atoms with Gasteiger partial charge < -0.3 is 15.4 Å². The number of benzene rings is 2. The van der Waals surface area contributed by atoms with Gasteiger partial charge in [-0.05, 0) is 42.0 Å². The van der Waals surface area contributed by atoms with Crippen LogP contribution in [0.5, 0.6) is 5.75 Å². The van der Waals surface area contributed by atoms with Crippen molar-refractivity contribution in [3.05, 3.63) is 65.7 Å². The minimum Gasteiger partial charge on any atom is -0.497 e. The molecule has 0 aliphatic rings. The molecule has 2 amide bonds. The van der Waals surface area contributed by atoms with Crippen LogP contribution >= 0.6 is 12.2 Å². The van der Waals surface area contributed by atoms with Gasteiger partial charge in [0.1, 0.15) is 5.75 Å². The molecule has 0 radical (unpaired) electrons. The second-order valence-electron chi connectivity index (χ2n) is 5.13. The Kier molecular flexibility index (Phi) is 6.91. The van der Waals surface area contributed by atoms with Crippen LogP contribution < -0.4 is 20.7 Å². The van der Waals surface area contributed by atoms with Crippen molar-refractivity contribution in [3.8, 4) is 5.75 Å². The van der Waals surface area contributed by atoms with E-state index in [1.807, 2.05) is 30.3 Å². The summed E-state index contributed by atoms with van der Waals surface area (Å²) in [5, 5.41) is 8.10. The van der Waals surface area contributed by atoms with Gasteiger partial charge in [-0.25, -0.2) is 0 Å². The van der Waals surface area contributed by atoms with E-state index in [1.165, 1.54) is 0 Å². The molecule has 130 valence electrons. The Labute approximate surface area is 151 Å². The molecule has 3 N–H and O–H groups in total. The number of ether oxygens (including phenoxy) is 1. The second kappa shape index (κ2) is 9.39. The van der Waals surface area contributed by atoms with Crippen molar-refractivity contribution in [3.63, 3.8) is 0 Å². The molecule has 0 saturated carbocycles. The number of carbonyl (C=O) groups excluding carboxylic acids is 2. The number of carbonyl (C=O) groups is 2. The monoisotopic (exact) mass is 357 g/mol. The Morgan fingerprint density at radius 3 is 2.32 bits per heavy atom. The molecule has 0 fully saturated rings. The number of hydrogen-bond donors (Lipinski definition) is 3. The van der Waals surface area contributed by atoms with Crippen LogP contribution in [0.1, 0.15) is 15.9 Å². The standard InChI is InChI=1S/C18H19N3O3S/c1-24-15-9-7-13(8-10-15)11-19-16(22)12-20-18(25)21-17(23)14-5-3-2-4-6-14/h2-10H,11-12H2,1H3,(H,19,22)(H2,20,21,23,25). The van der Waals surface area contributed by atoms with Gasteiger partial charge in [-0.2, -0.15) is 0 Å². The minimum atomic E-state index is -0.322. The molecule has 0 atom stereocenters. The zero-order chi connectivity index (χ0) is 18.1. The van der Waals surface area contributed by atoms with Crippen molar-refractivity contribution in [1.29, 1.82) is 0 Å². The molecule has 7 heteroatoms. The molecule has 0 aromatic heterocycles. The van der Waals surface area contributed by atoms with E-state index in [0.717, 1.165) is 11.3 Å². The Bertz CT molecular complexity index is 733. The third kappa shape index (κ3) is 6.23. The molecule has 0 aliphatic carbocycles. The van der Waals surface area contributed by atoms with Gasteiger partial charge in [-0.3, -0.25) is 14.9 Å². The summed E-state index contributed by atoms with van der Waals surface area (Å²) in [4.78, 5) is 23.7. The molecule has 0 aliphatic heterocycles. The fraction of sp³-hybridized carbons (Fsp3) is 0.167. The predicted octanol–water partition coefficient (Wildman–Crippen LogP) is 1.62. The largest absolute Gasteiger partial charge is 0.497 e.